The van der Waals surface area contributed by atoms with E-state index in [-0.39, 0.29) is 16.1 Å². The van der Waals surface area contributed by atoms with Gasteiger partial charge in [0, 0.05) is 0 Å². The fourth-order valence-corrected chi connectivity index (χ4v) is 4.24. The quantitative estimate of drug-likeness (QED) is 0.326. The van der Waals surface area contributed by atoms with Gasteiger partial charge in [0.2, 0.25) is 0 Å². The average Bonchev–Trinajstić information content (AvgIpc) is 3.02. The largest absolute Gasteiger partial charge is 0.490 e. The number of carbonyl (C=O) groups is 1. The number of anilines is 1. The summed E-state index contributed by atoms with van der Waals surface area (Å²) in [6.45, 7) is 6.28. The van der Waals surface area contributed by atoms with Gasteiger partial charge in [-0.05, 0) is 62.2 Å². The second-order valence-corrected chi connectivity index (χ2v) is 8.72. The summed E-state index contributed by atoms with van der Waals surface area (Å²) < 4.78 is 51.0. The topological polar surface area (TPSA) is 38.8 Å². The van der Waals surface area contributed by atoms with Crippen molar-refractivity contribution >= 4 is 46.0 Å². The number of thiocarbonyl (C=S) groups is 1. The van der Waals surface area contributed by atoms with Crippen molar-refractivity contribution in [3.05, 3.63) is 58.5 Å². The molecule has 9 heteroatoms. The van der Waals surface area contributed by atoms with Crippen LogP contribution in [0.2, 0.25) is 0 Å². The van der Waals surface area contributed by atoms with Crippen molar-refractivity contribution in [2.24, 2.45) is 0 Å². The predicted octanol–water partition coefficient (Wildman–Crippen LogP) is 6.69. The Morgan fingerprint density at radius 2 is 1.91 bits per heavy atom. The lowest BCUT2D eigenvalue weighted by Crippen LogP contribution is -2.27. The summed E-state index contributed by atoms with van der Waals surface area (Å²) in [5.41, 5.74) is -0.0705. The Morgan fingerprint density at radius 1 is 1.16 bits per heavy atom. The van der Waals surface area contributed by atoms with Crippen LogP contribution in [0.25, 0.3) is 6.08 Å². The van der Waals surface area contributed by atoms with Crippen LogP contribution in [0.1, 0.15) is 38.3 Å². The van der Waals surface area contributed by atoms with Crippen molar-refractivity contribution in [2.45, 2.75) is 39.5 Å². The molecule has 2 aromatic carbocycles. The van der Waals surface area contributed by atoms with Crippen LogP contribution in [-0.2, 0) is 11.0 Å². The summed E-state index contributed by atoms with van der Waals surface area (Å²) in [5.74, 6) is 0.682. The Kier molecular flexibility index (Phi) is 7.51. The van der Waals surface area contributed by atoms with Crippen molar-refractivity contribution in [1.82, 2.24) is 0 Å². The molecule has 0 N–H and O–H groups in total. The van der Waals surface area contributed by atoms with Crippen molar-refractivity contribution in [3.63, 3.8) is 0 Å². The number of halogens is 3. The molecule has 1 aliphatic rings. The van der Waals surface area contributed by atoms with Crippen LogP contribution in [0.4, 0.5) is 18.9 Å². The first-order valence-corrected chi connectivity index (χ1v) is 11.2. The lowest BCUT2D eigenvalue weighted by molar-refractivity contribution is -0.137. The van der Waals surface area contributed by atoms with Gasteiger partial charge in [0.25, 0.3) is 5.91 Å². The molecule has 4 nitrogen and oxygen atoms in total. The lowest BCUT2D eigenvalue weighted by atomic mass is 10.1. The molecule has 0 radical (unpaired) electrons. The number of carbonyl (C=O) groups excluding carboxylic acids is 1. The fraction of sp³-hybridized carbons (Fsp3) is 0.304. The molecule has 0 aliphatic carbocycles. The SMILES string of the molecule is CCOc1cc(/C=C2\SC(=S)N(c3cccc(C(F)(F)F)c3)C2=O)ccc1O[C@H](C)CC. The summed E-state index contributed by atoms with van der Waals surface area (Å²) in [4.78, 5) is 14.4. The zero-order valence-corrected chi connectivity index (χ0v) is 19.4. The van der Waals surface area contributed by atoms with Crippen molar-refractivity contribution in [3.8, 4) is 11.5 Å². The van der Waals surface area contributed by atoms with E-state index in [1.165, 1.54) is 12.1 Å². The molecule has 0 unspecified atom stereocenters. The maximum atomic E-state index is 13.1. The van der Waals surface area contributed by atoms with Crippen molar-refractivity contribution in [2.75, 3.05) is 11.5 Å². The average molecular weight is 482 g/mol. The highest BCUT2D eigenvalue weighted by Crippen LogP contribution is 2.39. The Morgan fingerprint density at radius 3 is 2.56 bits per heavy atom. The molecule has 0 bridgehead atoms. The van der Waals surface area contributed by atoms with Gasteiger partial charge >= 0.3 is 6.18 Å². The third kappa shape index (κ3) is 5.45. The van der Waals surface area contributed by atoms with E-state index in [1.807, 2.05) is 20.8 Å². The zero-order chi connectivity index (χ0) is 23.5. The maximum Gasteiger partial charge on any atom is 0.416 e. The highest BCUT2D eigenvalue weighted by Gasteiger charge is 2.36. The Bertz CT molecular complexity index is 1050. The smallest absolute Gasteiger partial charge is 0.416 e. The standard InChI is InChI=1S/C23H22F3NO3S2/c1-4-14(3)30-18-10-9-15(11-19(18)29-5-2)12-20-21(28)27(22(31)32-20)17-8-6-7-16(13-17)23(24,25)26/h6-14H,4-5H2,1-3H3/b20-12-/t14-/m1/s1. The van der Waals surface area contributed by atoms with E-state index < -0.39 is 17.6 Å². The summed E-state index contributed by atoms with van der Waals surface area (Å²) in [6.07, 6.45) is -2.02. The van der Waals surface area contributed by atoms with Gasteiger partial charge in [0.1, 0.15) is 0 Å². The minimum Gasteiger partial charge on any atom is -0.490 e. The molecule has 0 aromatic heterocycles. The second-order valence-electron chi connectivity index (χ2n) is 7.04. The number of thioether (sulfide) groups is 1. The monoisotopic (exact) mass is 481 g/mol. The molecule has 1 atom stereocenters. The summed E-state index contributed by atoms with van der Waals surface area (Å²) in [7, 11) is 0. The highest BCUT2D eigenvalue weighted by molar-refractivity contribution is 8.27. The van der Waals surface area contributed by atoms with Gasteiger partial charge in [0.05, 0.1) is 28.9 Å². The molecule has 1 fully saturated rings. The van der Waals surface area contributed by atoms with E-state index in [0.29, 0.717) is 28.6 Å². The molecule has 1 amide bonds. The maximum absolute atomic E-state index is 13.1. The fourth-order valence-electron chi connectivity index (χ4n) is 2.94. The van der Waals surface area contributed by atoms with Crippen LogP contribution in [0.15, 0.2) is 47.4 Å². The van der Waals surface area contributed by atoms with Crippen LogP contribution >= 0.6 is 24.0 Å². The molecule has 3 rings (SSSR count). The molecule has 32 heavy (non-hydrogen) atoms. The van der Waals surface area contributed by atoms with Gasteiger partial charge in [-0.15, -0.1) is 0 Å². The first-order valence-electron chi connectivity index (χ1n) is 10.0. The Hall–Kier alpha value is -2.52. The van der Waals surface area contributed by atoms with Gasteiger partial charge in [-0.1, -0.05) is 43.0 Å². The number of alkyl halides is 3. The van der Waals surface area contributed by atoms with Crippen molar-refractivity contribution in [1.29, 1.82) is 0 Å². The van der Waals surface area contributed by atoms with Crippen LogP contribution < -0.4 is 14.4 Å². The van der Waals surface area contributed by atoms with Gasteiger partial charge in [-0.2, -0.15) is 13.2 Å². The molecule has 0 saturated carbocycles. The van der Waals surface area contributed by atoms with Crippen LogP contribution in [0, 0.1) is 0 Å². The molecule has 170 valence electrons. The third-order valence-electron chi connectivity index (χ3n) is 4.69. The number of nitrogens with zero attached hydrogens (tertiary/aromatic N) is 1. The Labute approximate surface area is 194 Å². The van der Waals surface area contributed by atoms with Gasteiger partial charge in [-0.25, -0.2) is 0 Å². The van der Waals surface area contributed by atoms with E-state index in [2.05, 4.69) is 0 Å². The molecular weight excluding hydrogens is 459 g/mol. The normalized spacial score (nSPS) is 16.6. The molecule has 1 aliphatic heterocycles. The third-order valence-corrected chi connectivity index (χ3v) is 6.00. The van der Waals surface area contributed by atoms with Gasteiger partial charge in [-0.3, -0.25) is 9.69 Å². The summed E-state index contributed by atoms with van der Waals surface area (Å²) >= 11 is 6.32. The number of hydrogen-bond donors (Lipinski definition) is 0. The summed E-state index contributed by atoms with van der Waals surface area (Å²) in [6, 6.07) is 9.88. The van der Waals surface area contributed by atoms with Gasteiger partial charge < -0.3 is 9.47 Å². The number of hydrogen-bond acceptors (Lipinski definition) is 5. The van der Waals surface area contributed by atoms with E-state index >= 15 is 0 Å². The first kappa shape index (κ1) is 24.1. The number of rotatable bonds is 7. The van der Waals surface area contributed by atoms with Crippen LogP contribution in [0.5, 0.6) is 11.5 Å². The minimum atomic E-state index is -4.51. The van der Waals surface area contributed by atoms with E-state index in [0.717, 1.165) is 35.2 Å². The first-order chi connectivity index (χ1) is 15.1. The lowest BCUT2D eigenvalue weighted by Gasteiger charge is -2.17. The van der Waals surface area contributed by atoms with E-state index in [1.54, 1.807) is 24.3 Å². The molecule has 1 heterocycles. The second kappa shape index (κ2) is 9.95. The number of ether oxygens (including phenoxy) is 2. The molecule has 2 aromatic rings. The summed E-state index contributed by atoms with van der Waals surface area (Å²) in [5, 5.41) is 0. The highest BCUT2D eigenvalue weighted by atomic mass is 32.2. The van der Waals surface area contributed by atoms with Crippen molar-refractivity contribution < 1.29 is 27.4 Å². The predicted molar refractivity (Wildman–Crippen MR) is 125 cm³/mol. The molecule has 0 spiro atoms. The molecule has 1 saturated heterocycles. The molecular formula is C23H22F3NO3S2. The number of benzene rings is 2. The Balaban J connectivity index is 1.90. The van der Waals surface area contributed by atoms with E-state index in [4.69, 9.17) is 21.7 Å². The van der Waals surface area contributed by atoms with Gasteiger partial charge in [0.15, 0.2) is 15.8 Å². The minimum absolute atomic E-state index is 0.0174. The van der Waals surface area contributed by atoms with Crippen LogP contribution in [0.3, 0.4) is 0 Å². The number of amides is 1. The van der Waals surface area contributed by atoms with Crippen LogP contribution in [-0.4, -0.2) is 22.9 Å². The zero-order valence-electron chi connectivity index (χ0n) is 17.7. The van der Waals surface area contributed by atoms with E-state index in [9.17, 15) is 18.0 Å².